The molecule has 0 atom stereocenters. The quantitative estimate of drug-likeness (QED) is 0.180. The first-order valence-electron chi connectivity index (χ1n) is 17.6. The Hall–Kier alpha value is -7.28. The lowest BCUT2D eigenvalue weighted by Crippen LogP contribution is -2.30. The van der Waals surface area contributed by atoms with Gasteiger partial charge in [-0.1, -0.05) is 74.5 Å². The molecule has 0 amide bonds. The van der Waals surface area contributed by atoms with Crippen LogP contribution in [0, 0.1) is 22.7 Å². The molecule has 2 heterocycles. The average Bonchev–Trinajstić information content (AvgIpc) is 3.20. The van der Waals surface area contributed by atoms with Crippen LogP contribution in [0.3, 0.4) is 0 Å². The number of benzene rings is 7. The molecule has 0 spiro atoms. The van der Waals surface area contributed by atoms with Gasteiger partial charge in [0.1, 0.15) is 0 Å². The van der Waals surface area contributed by atoms with Gasteiger partial charge in [-0.15, -0.1) is 0 Å². The van der Waals surface area contributed by atoms with E-state index < -0.39 is 0 Å². The molecular weight excluding hydrogens is 651 g/mol. The summed E-state index contributed by atoms with van der Waals surface area (Å²) in [7, 11) is 0. The Kier molecular flexibility index (Phi) is 7.47. The summed E-state index contributed by atoms with van der Waals surface area (Å²) >= 11 is 0. The number of ether oxygens (including phenoxy) is 1. The number of nitrogens with zero attached hydrogens (tertiary/aromatic N) is 5. The Morgan fingerprint density at radius 2 is 0.868 bits per heavy atom. The van der Waals surface area contributed by atoms with Crippen molar-refractivity contribution < 1.29 is 4.74 Å². The van der Waals surface area contributed by atoms with Crippen molar-refractivity contribution in [2.75, 3.05) is 14.7 Å². The highest BCUT2D eigenvalue weighted by Gasteiger charge is 2.37. The second kappa shape index (κ2) is 12.5. The van der Waals surface area contributed by atoms with Crippen LogP contribution in [0.1, 0.15) is 36.1 Å². The van der Waals surface area contributed by atoms with Crippen molar-refractivity contribution >= 4 is 51.2 Å². The van der Waals surface area contributed by atoms with Gasteiger partial charge >= 0.3 is 0 Å². The third-order valence-corrected chi connectivity index (χ3v) is 10.2. The minimum atomic E-state index is -0.219. The van der Waals surface area contributed by atoms with E-state index in [0.717, 1.165) is 62.7 Å². The summed E-state index contributed by atoms with van der Waals surface area (Å²) in [6, 6.07) is 60.0. The Morgan fingerprint density at radius 1 is 0.472 bits per heavy atom. The largest absolute Gasteiger partial charge is 0.453 e. The molecule has 53 heavy (non-hydrogen) atoms. The second-order valence-corrected chi connectivity index (χ2v) is 13.7. The number of hydrogen-bond donors (Lipinski definition) is 0. The van der Waals surface area contributed by atoms with E-state index in [9.17, 15) is 10.5 Å². The molecule has 0 N–H and O–H groups in total. The van der Waals surface area contributed by atoms with Crippen molar-refractivity contribution in [3.63, 3.8) is 0 Å². The zero-order chi connectivity index (χ0) is 36.1. The molecule has 2 aliphatic rings. The highest BCUT2D eigenvalue weighted by Crippen LogP contribution is 2.55. The average molecular weight is 684 g/mol. The normalized spacial score (nSPS) is 13.3. The number of nitriles is 2. The van der Waals surface area contributed by atoms with Crippen molar-refractivity contribution in [3.8, 4) is 23.6 Å². The van der Waals surface area contributed by atoms with Gasteiger partial charge in [-0.25, -0.2) is 0 Å². The summed E-state index contributed by atoms with van der Waals surface area (Å²) in [5, 5.41) is 19.3. The lowest BCUT2D eigenvalue weighted by atomic mass is 9.73. The summed E-state index contributed by atoms with van der Waals surface area (Å²) in [5.41, 5.74) is 12.1. The molecule has 0 unspecified atom stereocenters. The maximum absolute atomic E-state index is 9.66. The fourth-order valence-corrected chi connectivity index (χ4v) is 7.71. The van der Waals surface area contributed by atoms with Gasteiger partial charge in [0.15, 0.2) is 11.5 Å². The number of anilines is 9. The highest BCUT2D eigenvalue weighted by atomic mass is 16.5. The molecule has 6 nitrogen and oxygen atoms in total. The lowest BCUT2D eigenvalue weighted by Gasteiger charge is -2.42. The molecule has 0 radical (unpaired) electrons. The van der Waals surface area contributed by atoms with Gasteiger partial charge in [0.2, 0.25) is 0 Å². The standard InChI is InChI=1S/C47H33N5O/c1-47(2)39-11-3-5-13-41(39)51(42-14-6-4-12-40(42)47)37-27-36(50(34-23-19-32(30-48)20-24-34)35-25-21-33(31-49)22-26-35)28-38(29-37)52-43-15-7-9-17-45(43)53-46-18-10-8-16-44(46)52/h3-29H,1-2H3. The van der Waals surface area contributed by atoms with Crippen LogP contribution in [0.4, 0.5) is 51.2 Å². The van der Waals surface area contributed by atoms with Crippen molar-refractivity contribution in [2.45, 2.75) is 19.3 Å². The van der Waals surface area contributed by atoms with Crippen molar-refractivity contribution in [1.29, 1.82) is 10.5 Å². The van der Waals surface area contributed by atoms with Gasteiger partial charge in [-0.3, -0.25) is 0 Å². The van der Waals surface area contributed by atoms with Crippen molar-refractivity contribution in [1.82, 2.24) is 0 Å². The Labute approximate surface area is 309 Å². The first-order chi connectivity index (χ1) is 25.9. The van der Waals surface area contributed by atoms with E-state index in [1.165, 1.54) is 11.1 Å². The van der Waals surface area contributed by atoms with Gasteiger partial charge in [-0.2, -0.15) is 10.5 Å². The SMILES string of the molecule is CC1(C)c2ccccc2N(c2cc(N(c3ccc(C#N)cc3)c3ccc(C#N)cc3)cc(N3c4ccccc4Oc4ccccc43)c2)c2ccccc21. The van der Waals surface area contributed by atoms with E-state index in [4.69, 9.17) is 4.74 Å². The van der Waals surface area contributed by atoms with Crippen LogP contribution in [-0.2, 0) is 5.41 Å². The van der Waals surface area contributed by atoms with E-state index in [2.05, 4.69) is 120 Å². The molecule has 9 rings (SSSR count). The predicted molar refractivity (Wildman–Crippen MR) is 212 cm³/mol. The van der Waals surface area contributed by atoms with Crippen LogP contribution < -0.4 is 19.4 Å². The van der Waals surface area contributed by atoms with Crippen LogP contribution in [0.15, 0.2) is 164 Å². The number of rotatable bonds is 5. The minimum Gasteiger partial charge on any atom is -0.453 e. The maximum atomic E-state index is 9.66. The van der Waals surface area contributed by atoms with Gasteiger partial charge in [0, 0.05) is 16.8 Å². The molecule has 6 heteroatoms. The van der Waals surface area contributed by atoms with E-state index in [1.807, 2.05) is 84.9 Å². The van der Waals surface area contributed by atoms with Crippen LogP contribution in [0.5, 0.6) is 11.5 Å². The Morgan fingerprint density at radius 3 is 1.32 bits per heavy atom. The molecule has 7 aromatic carbocycles. The van der Waals surface area contributed by atoms with Crippen LogP contribution in [-0.4, -0.2) is 0 Å². The molecule has 0 bridgehead atoms. The molecular formula is C47H33N5O. The third kappa shape index (κ3) is 5.25. The molecule has 0 aliphatic carbocycles. The Bertz CT molecular complexity index is 2460. The smallest absolute Gasteiger partial charge is 0.151 e. The van der Waals surface area contributed by atoms with Gasteiger partial charge in [0.05, 0.1) is 63.1 Å². The van der Waals surface area contributed by atoms with Crippen molar-refractivity contribution in [2.24, 2.45) is 0 Å². The lowest BCUT2D eigenvalue weighted by molar-refractivity contribution is 0.477. The second-order valence-electron chi connectivity index (χ2n) is 13.7. The molecule has 7 aromatic rings. The topological polar surface area (TPSA) is 66.5 Å². The van der Waals surface area contributed by atoms with E-state index in [0.29, 0.717) is 11.1 Å². The maximum Gasteiger partial charge on any atom is 0.151 e. The van der Waals surface area contributed by atoms with Crippen LogP contribution in [0.25, 0.3) is 0 Å². The number of hydrogen-bond acceptors (Lipinski definition) is 6. The zero-order valence-corrected chi connectivity index (χ0v) is 29.2. The molecule has 0 saturated heterocycles. The van der Waals surface area contributed by atoms with Gasteiger partial charge in [-0.05, 0) is 114 Å². The van der Waals surface area contributed by atoms with Gasteiger partial charge < -0.3 is 19.4 Å². The highest BCUT2D eigenvalue weighted by molar-refractivity contribution is 5.94. The van der Waals surface area contributed by atoms with Gasteiger partial charge in [0.25, 0.3) is 0 Å². The molecule has 252 valence electrons. The van der Waals surface area contributed by atoms with Crippen molar-refractivity contribution in [3.05, 3.63) is 186 Å². The summed E-state index contributed by atoms with van der Waals surface area (Å²) in [4.78, 5) is 6.82. The van der Waals surface area contributed by atoms with E-state index >= 15 is 0 Å². The zero-order valence-electron chi connectivity index (χ0n) is 29.2. The summed E-state index contributed by atoms with van der Waals surface area (Å²) in [6.45, 7) is 4.59. The van der Waals surface area contributed by atoms with Crippen LogP contribution >= 0.6 is 0 Å². The predicted octanol–water partition coefficient (Wildman–Crippen LogP) is 12.6. The summed E-state index contributed by atoms with van der Waals surface area (Å²) in [6.07, 6.45) is 0. The summed E-state index contributed by atoms with van der Waals surface area (Å²) in [5.74, 6) is 1.54. The number of fused-ring (bicyclic) bond motifs is 4. The molecule has 0 fully saturated rings. The fraction of sp³-hybridized carbons (Fsp3) is 0.0638. The Balaban J connectivity index is 1.35. The first kappa shape index (κ1) is 31.7. The molecule has 0 saturated carbocycles. The first-order valence-corrected chi connectivity index (χ1v) is 17.6. The minimum absolute atomic E-state index is 0.219. The molecule has 0 aromatic heterocycles. The third-order valence-electron chi connectivity index (χ3n) is 10.2. The summed E-state index contributed by atoms with van der Waals surface area (Å²) < 4.78 is 6.44. The van der Waals surface area contributed by atoms with E-state index in [-0.39, 0.29) is 5.41 Å². The molecule has 2 aliphatic heterocycles. The monoisotopic (exact) mass is 683 g/mol. The fourth-order valence-electron chi connectivity index (χ4n) is 7.71. The number of para-hydroxylation sites is 6. The van der Waals surface area contributed by atoms with E-state index in [1.54, 1.807) is 0 Å². The van der Waals surface area contributed by atoms with Crippen LogP contribution in [0.2, 0.25) is 0 Å².